The lowest BCUT2D eigenvalue weighted by Crippen LogP contribution is -2.04. The smallest absolute Gasteiger partial charge is 0.122 e. The molecule has 1 heteroatoms. The summed E-state index contributed by atoms with van der Waals surface area (Å²) in [5.74, 6) is 1.57. The number of benzene rings is 2. The van der Waals surface area contributed by atoms with E-state index in [9.17, 15) is 0 Å². The molecule has 0 saturated heterocycles. The van der Waals surface area contributed by atoms with E-state index < -0.39 is 0 Å². The zero-order valence-corrected chi connectivity index (χ0v) is 12.7. The fourth-order valence-electron chi connectivity index (χ4n) is 2.42. The van der Waals surface area contributed by atoms with Gasteiger partial charge in [0.1, 0.15) is 5.75 Å². The third-order valence-corrected chi connectivity index (χ3v) is 3.77. The second-order valence-corrected chi connectivity index (χ2v) is 5.41. The Bertz CT molecular complexity index is 531. The van der Waals surface area contributed by atoms with Crippen molar-refractivity contribution in [3.63, 3.8) is 0 Å². The van der Waals surface area contributed by atoms with Gasteiger partial charge < -0.3 is 4.74 Å². The second kappa shape index (κ2) is 7.14. The minimum atomic E-state index is 0.534. The second-order valence-electron chi connectivity index (χ2n) is 5.41. The van der Waals surface area contributed by atoms with Crippen molar-refractivity contribution in [2.24, 2.45) is 0 Å². The van der Waals surface area contributed by atoms with Gasteiger partial charge in [0.05, 0.1) is 6.61 Å². The molecular formula is C19H24O. The Morgan fingerprint density at radius 3 is 2.50 bits per heavy atom. The van der Waals surface area contributed by atoms with Crippen LogP contribution >= 0.6 is 0 Å². The summed E-state index contributed by atoms with van der Waals surface area (Å²) in [6.45, 7) is 7.33. The number of ether oxygens (including phenoxy) is 1. The molecule has 0 N–H and O–H groups in total. The van der Waals surface area contributed by atoms with Crippen LogP contribution in [0.2, 0.25) is 0 Å². The Kier molecular flexibility index (Phi) is 5.23. The van der Waals surface area contributed by atoms with E-state index in [0.29, 0.717) is 5.92 Å². The molecule has 2 aromatic rings. The summed E-state index contributed by atoms with van der Waals surface area (Å²) < 4.78 is 5.98. The largest absolute Gasteiger partial charge is 0.493 e. The predicted molar refractivity (Wildman–Crippen MR) is 85.5 cm³/mol. The highest BCUT2D eigenvalue weighted by molar-refractivity contribution is 5.36. The molecule has 0 amide bonds. The van der Waals surface area contributed by atoms with Crippen molar-refractivity contribution < 1.29 is 4.74 Å². The molecule has 20 heavy (non-hydrogen) atoms. The summed E-state index contributed by atoms with van der Waals surface area (Å²) >= 11 is 0. The van der Waals surface area contributed by atoms with Crippen LogP contribution in [0.1, 0.15) is 42.9 Å². The van der Waals surface area contributed by atoms with Crippen LogP contribution in [0, 0.1) is 6.92 Å². The Morgan fingerprint density at radius 2 is 1.80 bits per heavy atom. The third-order valence-electron chi connectivity index (χ3n) is 3.77. The standard InChI is InChI=1S/C19H24O/c1-4-17-14-15(2)10-11-19(17)20-13-12-16(3)18-8-6-5-7-9-18/h5-11,14,16H,4,12-13H2,1-3H3. The molecule has 0 aliphatic carbocycles. The van der Waals surface area contributed by atoms with Crippen molar-refractivity contribution in [3.05, 3.63) is 65.2 Å². The van der Waals surface area contributed by atoms with Crippen LogP contribution in [0.5, 0.6) is 5.75 Å². The number of rotatable bonds is 6. The number of hydrogen-bond acceptors (Lipinski definition) is 1. The van der Waals surface area contributed by atoms with Gasteiger partial charge in [-0.2, -0.15) is 0 Å². The van der Waals surface area contributed by atoms with Gasteiger partial charge in [-0.3, -0.25) is 0 Å². The maximum absolute atomic E-state index is 5.98. The van der Waals surface area contributed by atoms with Gasteiger partial charge in [-0.1, -0.05) is 61.9 Å². The fourth-order valence-corrected chi connectivity index (χ4v) is 2.42. The lowest BCUT2D eigenvalue weighted by atomic mass is 9.98. The quantitative estimate of drug-likeness (QED) is 0.705. The zero-order chi connectivity index (χ0) is 14.4. The SMILES string of the molecule is CCc1cc(C)ccc1OCCC(C)c1ccccc1. The first-order valence-electron chi connectivity index (χ1n) is 7.48. The van der Waals surface area contributed by atoms with Gasteiger partial charge in [0.2, 0.25) is 0 Å². The molecule has 0 radical (unpaired) electrons. The zero-order valence-electron chi connectivity index (χ0n) is 12.7. The maximum Gasteiger partial charge on any atom is 0.122 e. The summed E-state index contributed by atoms with van der Waals surface area (Å²) in [5.41, 5.74) is 3.99. The predicted octanol–water partition coefficient (Wildman–Crippen LogP) is 5.13. The Hall–Kier alpha value is -1.76. The fraction of sp³-hybridized carbons (Fsp3) is 0.368. The van der Waals surface area contributed by atoms with Gasteiger partial charge in [0, 0.05) is 0 Å². The summed E-state index contributed by atoms with van der Waals surface area (Å²) in [7, 11) is 0. The van der Waals surface area contributed by atoms with Crippen molar-refractivity contribution in [1.29, 1.82) is 0 Å². The van der Waals surface area contributed by atoms with E-state index in [-0.39, 0.29) is 0 Å². The van der Waals surface area contributed by atoms with Crippen LogP contribution < -0.4 is 4.74 Å². The van der Waals surface area contributed by atoms with Crippen LogP contribution in [0.3, 0.4) is 0 Å². The van der Waals surface area contributed by atoms with E-state index in [4.69, 9.17) is 4.74 Å². The molecule has 2 aromatic carbocycles. The Balaban J connectivity index is 1.90. The molecule has 2 rings (SSSR count). The normalized spacial score (nSPS) is 12.2. The monoisotopic (exact) mass is 268 g/mol. The van der Waals surface area contributed by atoms with Crippen LogP contribution in [0.25, 0.3) is 0 Å². The van der Waals surface area contributed by atoms with Crippen molar-refractivity contribution >= 4 is 0 Å². The van der Waals surface area contributed by atoms with Gasteiger partial charge >= 0.3 is 0 Å². The first kappa shape index (κ1) is 14.6. The molecule has 0 aliphatic rings. The number of hydrogen-bond donors (Lipinski definition) is 0. The van der Waals surface area contributed by atoms with E-state index in [2.05, 4.69) is 69.3 Å². The number of aryl methyl sites for hydroxylation is 2. The van der Waals surface area contributed by atoms with Crippen molar-refractivity contribution in [3.8, 4) is 5.75 Å². The van der Waals surface area contributed by atoms with Gasteiger partial charge in [0.25, 0.3) is 0 Å². The van der Waals surface area contributed by atoms with E-state index in [1.165, 1.54) is 16.7 Å². The van der Waals surface area contributed by atoms with Crippen molar-refractivity contribution in [1.82, 2.24) is 0 Å². The van der Waals surface area contributed by atoms with E-state index in [1.807, 2.05) is 0 Å². The molecule has 0 saturated carbocycles. The van der Waals surface area contributed by atoms with Gasteiger partial charge in [-0.25, -0.2) is 0 Å². The molecule has 1 nitrogen and oxygen atoms in total. The van der Waals surface area contributed by atoms with E-state index in [1.54, 1.807) is 0 Å². The highest BCUT2D eigenvalue weighted by atomic mass is 16.5. The van der Waals surface area contributed by atoms with Crippen LogP contribution in [-0.2, 0) is 6.42 Å². The molecule has 106 valence electrons. The van der Waals surface area contributed by atoms with E-state index in [0.717, 1.165) is 25.2 Å². The molecule has 0 heterocycles. The van der Waals surface area contributed by atoms with Gasteiger partial charge in [-0.05, 0) is 42.9 Å². The first-order valence-corrected chi connectivity index (χ1v) is 7.48. The lowest BCUT2D eigenvalue weighted by molar-refractivity contribution is 0.298. The molecular weight excluding hydrogens is 244 g/mol. The van der Waals surface area contributed by atoms with Crippen LogP contribution in [0.4, 0.5) is 0 Å². The minimum Gasteiger partial charge on any atom is -0.493 e. The van der Waals surface area contributed by atoms with Crippen molar-refractivity contribution in [2.45, 2.75) is 39.5 Å². The van der Waals surface area contributed by atoms with E-state index >= 15 is 0 Å². The highest BCUT2D eigenvalue weighted by Crippen LogP contribution is 2.23. The molecule has 1 atom stereocenters. The summed E-state index contributed by atoms with van der Waals surface area (Å²) in [4.78, 5) is 0. The minimum absolute atomic E-state index is 0.534. The third kappa shape index (κ3) is 3.86. The molecule has 0 aromatic heterocycles. The Labute approximate surface area is 122 Å². The summed E-state index contributed by atoms with van der Waals surface area (Å²) in [6.07, 6.45) is 2.06. The van der Waals surface area contributed by atoms with Gasteiger partial charge in [0.15, 0.2) is 0 Å². The first-order chi connectivity index (χ1) is 9.70. The molecule has 1 unspecified atom stereocenters. The van der Waals surface area contributed by atoms with Crippen molar-refractivity contribution in [2.75, 3.05) is 6.61 Å². The average molecular weight is 268 g/mol. The Morgan fingerprint density at radius 1 is 1.05 bits per heavy atom. The average Bonchev–Trinajstić information content (AvgIpc) is 2.49. The molecule has 0 fully saturated rings. The highest BCUT2D eigenvalue weighted by Gasteiger charge is 2.06. The molecule has 0 aliphatic heterocycles. The van der Waals surface area contributed by atoms with Crippen LogP contribution in [-0.4, -0.2) is 6.61 Å². The molecule has 0 bridgehead atoms. The molecule has 0 spiro atoms. The van der Waals surface area contributed by atoms with Gasteiger partial charge in [-0.15, -0.1) is 0 Å². The van der Waals surface area contributed by atoms with Crippen LogP contribution in [0.15, 0.2) is 48.5 Å². The lowest BCUT2D eigenvalue weighted by Gasteiger charge is -2.15. The maximum atomic E-state index is 5.98. The topological polar surface area (TPSA) is 9.23 Å². The summed E-state index contributed by atoms with van der Waals surface area (Å²) in [5, 5.41) is 0. The summed E-state index contributed by atoms with van der Waals surface area (Å²) in [6, 6.07) is 17.1.